The number of pyridine rings is 2. The fraction of sp³-hybridized carbons (Fsp3) is 0.0213. The number of fused-ring (bicyclic) bond motifs is 6. The number of para-hydroxylation sites is 2. The molecule has 10 rings (SSSR count). The van der Waals surface area contributed by atoms with Gasteiger partial charge in [0, 0.05) is 56.7 Å². The number of rotatable bonds is 7. The topological polar surface area (TPSA) is 47.7 Å². The lowest BCUT2D eigenvalue weighted by atomic mass is 10.00. The molecule has 6 aromatic carbocycles. The highest BCUT2D eigenvalue weighted by Crippen LogP contribution is 2.33. The third kappa shape index (κ3) is 5.19. The highest BCUT2D eigenvalue weighted by Gasteiger charge is 2.13. The van der Waals surface area contributed by atoms with Gasteiger partial charge in [-0.25, -0.2) is 0 Å². The van der Waals surface area contributed by atoms with E-state index in [4.69, 9.17) is 0 Å². The first-order chi connectivity index (χ1) is 25.8. The van der Waals surface area contributed by atoms with Crippen LogP contribution in [-0.2, 0) is 6.42 Å². The molecule has 246 valence electrons. The van der Waals surface area contributed by atoms with Crippen LogP contribution in [0, 0.1) is 0 Å². The molecule has 0 radical (unpaired) electrons. The number of hydrogen-bond donors (Lipinski definition) is 1. The lowest BCUT2D eigenvalue weighted by molar-refractivity contribution is 1.14. The summed E-state index contributed by atoms with van der Waals surface area (Å²) in [5.74, 6) is 0. The second-order valence-corrected chi connectivity index (χ2v) is 13.3. The zero-order chi connectivity index (χ0) is 34.4. The predicted octanol–water partition coefficient (Wildman–Crippen LogP) is 11.7. The first kappa shape index (κ1) is 29.9. The van der Waals surface area contributed by atoms with Crippen molar-refractivity contribution in [2.45, 2.75) is 6.42 Å². The molecule has 10 aromatic rings. The maximum Gasteiger partial charge on any atom is 0.0724 e. The molecule has 4 heterocycles. The molecule has 4 aromatic heterocycles. The summed E-state index contributed by atoms with van der Waals surface area (Å²) < 4.78 is 4.59. The largest absolute Gasteiger partial charge is 0.356 e. The summed E-state index contributed by atoms with van der Waals surface area (Å²) >= 11 is 0. The third-order valence-corrected chi connectivity index (χ3v) is 10.1. The van der Waals surface area contributed by atoms with Crippen molar-refractivity contribution in [3.8, 4) is 22.5 Å². The third-order valence-electron chi connectivity index (χ3n) is 10.1. The Balaban J connectivity index is 0.822. The van der Waals surface area contributed by atoms with E-state index < -0.39 is 0 Å². The van der Waals surface area contributed by atoms with E-state index in [0.717, 1.165) is 40.2 Å². The van der Waals surface area contributed by atoms with Gasteiger partial charge in [-0.2, -0.15) is 0 Å². The van der Waals surface area contributed by atoms with Gasteiger partial charge in [0.2, 0.25) is 0 Å². The Morgan fingerprint density at radius 3 is 1.31 bits per heavy atom. The molecule has 0 aliphatic heterocycles. The fourth-order valence-corrected chi connectivity index (χ4v) is 7.61. The van der Waals surface area contributed by atoms with Gasteiger partial charge in [0.1, 0.15) is 0 Å². The Labute approximate surface area is 301 Å². The molecular formula is C47H33N5. The number of hydrogen-bond acceptors (Lipinski definition) is 3. The van der Waals surface area contributed by atoms with E-state index in [1.54, 1.807) is 0 Å². The highest BCUT2D eigenvalue weighted by molar-refractivity contribution is 6.09. The normalized spacial score (nSPS) is 11.5. The molecule has 52 heavy (non-hydrogen) atoms. The van der Waals surface area contributed by atoms with Crippen LogP contribution in [0.4, 0.5) is 11.4 Å². The maximum atomic E-state index is 4.42. The molecule has 0 unspecified atom stereocenters. The monoisotopic (exact) mass is 667 g/mol. The Morgan fingerprint density at radius 2 is 0.788 bits per heavy atom. The van der Waals surface area contributed by atoms with Gasteiger partial charge >= 0.3 is 0 Å². The summed E-state index contributed by atoms with van der Waals surface area (Å²) in [5.41, 5.74) is 13.9. The van der Waals surface area contributed by atoms with Crippen molar-refractivity contribution in [2.75, 3.05) is 5.32 Å². The van der Waals surface area contributed by atoms with Crippen molar-refractivity contribution >= 4 is 55.0 Å². The predicted molar refractivity (Wildman–Crippen MR) is 215 cm³/mol. The average Bonchev–Trinajstić information content (AvgIpc) is 3.73. The molecule has 5 nitrogen and oxygen atoms in total. The Kier molecular flexibility index (Phi) is 7.14. The summed E-state index contributed by atoms with van der Waals surface area (Å²) in [6, 6.07) is 56.3. The van der Waals surface area contributed by atoms with Crippen LogP contribution in [0.25, 0.3) is 66.1 Å². The smallest absolute Gasteiger partial charge is 0.0724 e. The van der Waals surface area contributed by atoms with Crippen LogP contribution in [-0.4, -0.2) is 19.1 Å². The second kappa shape index (κ2) is 12.4. The Hall–Kier alpha value is -6.98. The summed E-state index contributed by atoms with van der Waals surface area (Å²) in [6.07, 6.45) is 8.51. The zero-order valence-corrected chi connectivity index (χ0v) is 28.3. The van der Waals surface area contributed by atoms with E-state index in [1.807, 2.05) is 24.8 Å². The van der Waals surface area contributed by atoms with E-state index in [-0.39, 0.29) is 0 Å². The summed E-state index contributed by atoms with van der Waals surface area (Å²) in [4.78, 5) is 8.82. The zero-order valence-electron chi connectivity index (χ0n) is 28.3. The van der Waals surface area contributed by atoms with Crippen LogP contribution in [0.5, 0.6) is 0 Å². The van der Waals surface area contributed by atoms with Crippen LogP contribution >= 0.6 is 0 Å². The quantitative estimate of drug-likeness (QED) is 0.184. The van der Waals surface area contributed by atoms with Crippen LogP contribution in [0.2, 0.25) is 0 Å². The van der Waals surface area contributed by atoms with Gasteiger partial charge in [-0.1, -0.05) is 84.9 Å². The van der Waals surface area contributed by atoms with Gasteiger partial charge in [-0.15, -0.1) is 0 Å². The molecule has 0 saturated carbocycles. The van der Waals surface area contributed by atoms with Gasteiger partial charge < -0.3 is 14.5 Å². The van der Waals surface area contributed by atoms with Crippen LogP contribution < -0.4 is 5.32 Å². The first-order valence-corrected chi connectivity index (χ1v) is 17.6. The summed E-state index contributed by atoms with van der Waals surface area (Å²) in [7, 11) is 0. The molecule has 0 atom stereocenters. The molecule has 5 heteroatoms. The molecule has 0 amide bonds. The van der Waals surface area contributed by atoms with Crippen molar-refractivity contribution in [2.24, 2.45) is 0 Å². The van der Waals surface area contributed by atoms with Crippen molar-refractivity contribution in [1.82, 2.24) is 19.1 Å². The molecule has 0 bridgehead atoms. The average molecular weight is 668 g/mol. The van der Waals surface area contributed by atoms with Crippen LogP contribution in [0.1, 0.15) is 11.1 Å². The van der Waals surface area contributed by atoms with Gasteiger partial charge in [-0.05, 0) is 101 Å². The first-order valence-electron chi connectivity index (χ1n) is 17.6. The lowest BCUT2D eigenvalue weighted by Crippen LogP contribution is -1.95. The summed E-state index contributed by atoms with van der Waals surface area (Å²) in [5, 5.41) is 8.48. The summed E-state index contributed by atoms with van der Waals surface area (Å²) in [6.45, 7) is 0. The van der Waals surface area contributed by atoms with E-state index >= 15 is 0 Å². The minimum atomic E-state index is 0.880. The minimum Gasteiger partial charge on any atom is -0.356 e. The lowest BCUT2D eigenvalue weighted by Gasteiger charge is -2.11. The molecule has 0 aliphatic rings. The standard InChI is InChI=1S/C47H33N5/c1-3-7-44-40(5-1)42-25-27-48-30-46(42)51(44)38-21-11-33(12-22-38)29-32-9-13-34(14-10-32)35-15-17-36(18-16-35)50-37-19-23-39(24-20-37)52-45-8-4-2-6-41(45)43-26-28-49-31-47(43)52/h1-28,30-31,50H,29H2. The van der Waals surface area contributed by atoms with Gasteiger partial charge in [0.05, 0.1) is 34.5 Å². The van der Waals surface area contributed by atoms with Gasteiger partial charge in [-0.3, -0.25) is 9.97 Å². The van der Waals surface area contributed by atoms with Crippen molar-refractivity contribution < 1.29 is 0 Å². The SMILES string of the molecule is c1ccc2c(c1)c1ccncc1n2-c1ccc(Cc2ccc(-c3ccc(Nc4ccc(-n5c6ccccc6c6ccncc65)cc4)cc3)cc2)cc1. The highest BCUT2D eigenvalue weighted by atomic mass is 15.0. The number of aromatic nitrogens is 4. The van der Waals surface area contributed by atoms with Crippen LogP contribution in [0.3, 0.4) is 0 Å². The van der Waals surface area contributed by atoms with Gasteiger partial charge in [0.15, 0.2) is 0 Å². The van der Waals surface area contributed by atoms with Crippen molar-refractivity contribution in [1.29, 1.82) is 0 Å². The molecule has 0 aliphatic carbocycles. The minimum absolute atomic E-state index is 0.880. The Bertz CT molecular complexity index is 2560. The molecule has 0 spiro atoms. The maximum absolute atomic E-state index is 4.42. The van der Waals surface area contributed by atoms with Crippen molar-refractivity contribution in [3.63, 3.8) is 0 Å². The van der Waals surface area contributed by atoms with Crippen LogP contribution in [0.15, 0.2) is 183 Å². The van der Waals surface area contributed by atoms with E-state index in [1.165, 1.54) is 54.8 Å². The van der Waals surface area contributed by atoms with E-state index in [0.29, 0.717) is 0 Å². The fourth-order valence-electron chi connectivity index (χ4n) is 7.61. The van der Waals surface area contributed by atoms with Crippen molar-refractivity contribution in [3.05, 3.63) is 194 Å². The number of nitrogens with one attached hydrogen (secondary N) is 1. The Morgan fingerprint density at radius 1 is 0.385 bits per heavy atom. The number of nitrogens with zero attached hydrogens (tertiary/aromatic N) is 4. The molecule has 0 fully saturated rings. The van der Waals surface area contributed by atoms with Gasteiger partial charge in [0.25, 0.3) is 0 Å². The molecule has 1 N–H and O–H groups in total. The molecule has 0 saturated heterocycles. The second-order valence-electron chi connectivity index (χ2n) is 13.3. The number of benzene rings is 6. The van der Waals surface area contributed by atoms with E-state index in [2.05, 4.69) is 182 Å². The van der Waals surface area contributed by atoms with E-state index in [9.17, 15) is 0 Å². The number of anilines is 2. The molecular weight excluding hydrogens is 635 g/mol.